The molecule has 0 aromatic heterocycles. The average molecular weight is 270 g/mol. The van der Waals surface area contributed by atoms with Gasteiger partial charge in [-0.1, -0.05) is 0 Å². The number of carbonyl (C=O) groups excluding carboxylic acids is 1. The van der Waals surface area contributed by atoms with Crippen molar-refractivity contribution in [2.24, 2.45) is 16.6 Å². The first kappa shape index (κ1) is 14.8. The number of hydrogen-bond donors (Lipinski definition) is 2. The number of rotatable bonds is 7. The maximum atomic E-state index is 12.4. The summed E-state index contributed by atoms with van der Waals surface area (Å²) in [6.45, 7) is 3.22. The number of carbonyl (C=O) groups is 1. The predicted octanol–water partition coefficient (Wildman–Crippen LogP) is 0.675. The summed E-state index contributed by atoms with van der Waals surface area (Å²) >= 11 is 0. The fourth-order valence-corrected chi connectivity index (χ4v) is 2.75. The molecule has 2 rings (SSSR count). The molecule has 2 aliphatic rings. The van der Waals surface area contributed by atoms with Gasteiger partial charge in [0.2, 0.25) is 5.91 Å². The lowest BCUT2D eigenvalue weighted by Crippen LogP contribution is -2.50. The summed E-state index contributed by atoms with van der Waals surface area (Å²) < 4.78 is 10.5. The van der Waals surface area contributed by atoms with Crippen LogP contribution >= 0.6 is 0 Å². The summed E-state index contributed by atoms with van der Waals surface area (Å²) in [5.74, 6) is 0.113. The molecule has 5 heteroatoms. The molecule has 110 valence electrons. The minimum atomic E-state index is -0.407. The van der Waals surface area contributed by atoms with Crippen LogP contribution in [0.4, 0.5) is 0 Å². The van der Waals surface area contributed by atoms with Crippen LogP contribution in [0.15, 0.2) is 0 Å². The largest absolute Gasteiger partial charge is 0.385 e. The maximum Gasteiger partial charge on any atom is 0.227 e. The third-order valence-corrected chi connectivity index (χ3v) is 4.74. The molecule has 0 bridgehead atoms. The van der Waals surface area contributed by atoms with Crippen molar-refractivity contribution in [2.45, 2.75) is 32.1 Å². The molecular weight excluding hydrogens is 244 g/mol. The molecular formula is C14H26N2O3. The zero-order chi connectivity index (χ0) is 13.8. The topological polar surface area (TPSA) is 73.6 Å². The molecule has 1 aliphatic carbocycles. The predicted molar refractivity (Wildman–Crippen MR) is 72.7 cm³/mol. The highest BCUT2D eigenvalue weighted by atomic mass is 16.5. The molecule has 2 fully saturated rings. The van der Waals surface area contributed by atoms with Crippen molar-refractivity contribution in [3.05, 3.63) is 0 Å². The van der Waals surface area contributed by atoms with Crippen molar-refractivity contribution < 1.29 is 14.3 Å². The molecule has 3 N–H and O–H groups in total. The molecule has 1 heterocycles. The van der Waals surface area contributed by atoms with Gasteiger partial charge in [-0.2, -0.15) is 0 Å². The maximum absolute atomic E-state index is 12.4. The van der Waals surface area contributed by atoms with Crippen molar-refractivity contribution in [3.63, 3.8) is 0 Å². The minimum absolute atomic E-state index is 0.113. The van der Waals surface area contributed by atoms with Gasteiger partial charge in [-0.25, -0.2) is 0 Å². The third kappa shape index (κ3) is 3.46. The first-order valence-electron chi connectivity index (χ1n) is 7.22. The highest BCUT2D eigenvalue weighted by Gasteiger charge is 2.44. The number of hydrogen-bond acceptors (Lipinski definition) is 4. The average Bonchev–Trinajstić information content (AvgIpc) is 3.24. The molecule has 1 amide bonds. The van der Waals surface area contributed by atoms with E-state index in [0.717, 1.165) is 32.4 Å². The quantitative estimate of drug-likeness (QED) is 0.713. The van der Waals surface area contributed by atoms with E-state index < -0.39 is 5.41 Å². The number of ether oxygens (including phenoxy) is 2. The summed E-state index contributed by atoms with van der Waals surface area (Å²) in [6, 6.07) is 0. The van der Waals surface area contributed by atoms with E-state index in [1.165, 1.54) is 12.8 Å². The van der Waals surface area contributed by atoms with E-state index in [1.54, 1.807) is 7.11 Å². The van der Waals surface area contributed by atoms with Gasteiger partial charge < -0.3 is 20.5 Å². The van der Waals surface area contributed by atoms with Crippen LogP contribution in [0.1, 0.15) is 32.1 Å². The summed E-state index contributed by atoms with van der Waals surface area (Å²) in [6.07, 6.45) is 4.88. The Kier molecular flexibility index (Phi) is 4.81. The SMILES string of the molecule is COCCC1(CNC(=O)C2(CN)CCOCC2)CC1. The number of amides is 1. The summed E-state index contributed by atoms with van der Waals surface area (Å²) in [5.41, 5.74) is 5.72. The van der Waals surface area contributed by atoms with Gasteiger partial charge in [-0.3, -0.25) is 4.79 Å². The monoisotopic (exact) mass is 270 g/mol. The van der Waals surface area contributed by atoms with E-state index in [1.807, 2.05) is 0 Å². The van der Waals surface area contributed by atoms with E-state index in [-0.39, 0.29) is 11.3 Å². The lowest BCUT2D eigenvalue weighted by atomic mass is 9.79. The molecule has 0 unspecified atom stereocenters. The smallest absolute Gasteiger partial charge is 0.227 e. The lowest BCUT2D eigenvalue weighted by molar-refractivity contribution is -0.136. The molecule has 5 nitrogen and oxygen atoms in total. The fourth-order valence-electron chi connectivity index (χ4n) is 2.75. The molecule has 1 aliphatic heterocycles. The second-order valence-corrected chi connectivity index (χ2v) is 6.02. The molecule has 0 radical (unpaired) electrons. The van der Waals surface area contributed by atoms with Crippen molar-refractivity contribution in [1.29, 1.82) is 0 Å². The second kappa shape index (κ2) is 6.20. The zero-order valence-electron chi connectivity index (χ0n) is 11.9. The van der Waals surface area contributed by atoms with E-state index >= 15 is 0 Å². The lowest BCUT2D eigenvalue weighted by Gasteiger charge is -2.35. The van der Waals surface area contributed by atoms with Crippen LogP contribution in [-0.4, -0.2) is 45.9 Å². The Balaban J connectivity index is 1.83. The van der Waals surface area contributed by atoms with E-state index in [0.29, 0.717) is 19.8 Å². The minimum Gasteiger partial charge on any atom is -0.385 e. The highest BCUT2D eigenvalue weighted by molar-refractivity contribution is 5.83. The van der Waals surface area contributed by atoms with Gasteiger partial charge in [-0.15, -0.1) is 0 Å². The summed E-state index contributed by atoms with van der Waals surface area (Å²) in [7, 11) is 1.72. The van der Waals surface area contributed by atoms with Gasteiger partial charge in [0.25, 0.3) is 0 Å². The van der Waals surface area contributed by atoms with Crippen LogP contribution in [0.25, 0.3) is 0 Å². The van der Waals surface area contributed by atoms with E-state index in [9.17, 15) is 4.79 Å². The Bertz CT molecular complexity index is 310. The second-order valence-electron chi connectivity index (χ2n) is 6.02. The van der Waals surface area contributed by atoms with Crippen molar-refractivity contribution in [3.8, 4) is 0 Å². The van der Waals surface area contributed by atoms with Gasteiger partial charge >= 0.3 is 0 Å². The molecule has 1 saturated heterocycles. The van der Waals surface area contributed by atoms with Crippen molar-refractivity contribution in [1.82, 2.24) is 5.32 Å². The first-order chi connectivity index (χ1) is 9.16. The van der Waals surface area contributed by atoms with Crippen LogP contribution in [-0.2, 0) is 14.3 Å². The van der Waals surface area contributed by atoms with Gasteiger partial charge in [0.1, 0.15) is 0 Å². The van der Waals surface area contributed by atoms with Crippen LogP contribution in [0.2, 0.25) is 0 Å². The van der Waals surface area contributed by atoms with Gasteiger partial charge in [-0.05, 0) is 37.5 Å². The number of methoxy groups -OCH3 is 1. The van der Waals surface area contributed by atoms with E-state index in [4.69, 9.17) is 15.2 Å². The Morgan fingerprint density at radius 3 is 2.53 bits per heavy atom. The number of nitrogens with two attached hydrogens (primary N) is 1. The molecule has 0 spiro atoms. The van der Waals surface area contributed by atoms with Crippen LogP contribution in [0.3, 0.4) is 0 Å². The van der Waals surface area contributed by atoms with Crippen molar-refractivity contribution in [2.75, 3.05) is 40.0 Å². The molecule has 0 atom stereocenters. The highest BCUT2D eigenvalue weighted by Crippen LogP contribution is 2.48. The van der Waals surface area contributed by atoms with Crippen LogP contribution in [0.5, 0.6) is 0 Å². The number of nitrogens with one attached hydrogen (secondary N) is 1. The molecule has 19 heavy (non-hydrogen) atoms. The fraction of sp³-hybridized carbons (Fsp3) is 0.929. The third-order valence-electron chi connectivity index (χ3n) is 4.74. The van der Waals surface area contributed by atoms with Crippen molar-refractivity contribution >= 4 is 5.91 Å². The first-order valence-corrected chi connectivity index (χ1v) is 7.22. The summed E-state index contributed by atoms with van der Waals surface area (Å²) in [5, 5.41) is 3.13. The normalized spacial score (nSPS) is 23.9. The van der Waals surface area contributed by atoms with Crippen LogP contribution < -0.4 is 11.1 Å². The van der Waals surface area contributed by atoms with Crippen LogP contribution in [0, 0.1) is 10.8 Å². The Morgan fingerprint density at radius 1 is 1.32 bits per heavy atom. The van der Waals surface area contributed by atoms with Gasteiger partial charge in [0.05, 0.1) is 5.41 Å². The standard InChI is InChI=1S/C14H26N2O3/c1-18-7-4-13(2-3-13)11-16-12(17)14(10-15)5-8-19-9-6-14/h2-11,15H2,1H3,(H,16,17). The molecule has 1 saturated carbocycles. The molecule has 0 aromatic carbocycles. The van der Waals surface area contributed by atoms with E-state index in [2.05, 4.69) is 5.32 Å². The Hall–Kier alpha value is -0.650. The Labute approximate surface area is 115 Å². The van der Waals surface area contributed by atoms with Gasteiger partial charge in [0.15, 0.2) is 0 Å². The van der Waals surface area contributed by atoms with Gasteiger partial charge in [0, 0.05) is 40.0 Å². The zero-order valence-corrected chi connectivity index (χ0v) is 11.9. The summed E-state index contributed by atoms with van der Waals surface area (Å²) in [4.78, 5) is 12.4. The molecule has 0 aromatic rings. The Morgan fingerprint density at radius 2 is 2.00 bits per heavy atom.